The fraction of sp³-hybridized carbons (Fsp3) is 0.105. The molecule has 2 heterocycles. The first kappa shape index (κ1) is 17.8. The van der Waals surface area contributed by atoms with Gasteiger partial charge in [0.15, 0.2) is 5.82 Å². The van der Waals surface area contributed by atoms with Gasteiger partial charge in [0.1, 0.15) is 6.33 Å². The molecule has 1 amide bonds. The lowest BCUT2D eigenvalue weighted by molar-refractivity contribution is -0.113. The molecule has 136 valence electrons. The number of hydrogen-bond donors (Lipinski definition) is 2. The van der Waals surface area contributed by atoms with Gasteiger partial charge in [-0.3, -0.25) is 9.36 Å². The summed E-state index contributed by atoms with van der Waals surface area (Å²) in [5.41, 5.74) is 2.93. The number of benzene rings is 2. The zero-order chi connectivity index (χ0) is 19.0. The first-order valence-electron chi connectivity index (χ1n) is 8.11. The van der Waals surface area contributed by atoms with Gasteiger partial charge >= 0.3 is 5.97 Å². The molecular formula is C19H14BrN3O3S. The van der Waals surface area contributed by atoms with Crippen molar-refractivity contribution in [2.24, 2.45) is 0 Å². The van der Waals surface area contributed by atoms with E-state index < -0.39 is 5.97 Å². The normalized spacial score (nSPS) is 16.3. The third kappa shape index (κ3) is 3.50. The van der Waals surface area contributed by atoms with E-state index in [1.54, 1.807) is 30.6 Å². The van der Waals surface area contributed by atoms with Crippen molar-refractivity contribution in [2.45, 2.75) is 5.25 Å². The molecule has 0 saturated carbocycles. The van der Waals surface area contributed by atoms with Crippen LogP contribution in [-0.4, -0.2) is 32.3 Å². The third-order valence-corrected chi connectivity index (χ3v) is 6.04. The molecule has 3 aromatic rings. The first-order valence-corrected chi connectivity index (χ1v) is 9.95. The molecule has 0 aliphatic carbocycles. The fourth-order valence-corrected chi connectivity index (χ4v) is 4.36. The molecule has 2 N–H and O–H groups in total. The Bertz CT molecular complexity index is 1020. The Morgan fingerprint density at radius 1 is 1.19 bits per heavy atom. The maximum atomic E-state index is 12.1. The summed E-state index contributed by atoms with van der Waals surface area (Å²) in [6.45, 7) is 0. The number of carboxylic acids is 1. The van der Waals surface area contributed by atoms with Gasteiger partial charge in [-0.15, -0.1) is 11.8 Å². The lowest BCUT2D eigenvalue weighted by atomic mass is 10.1. The average Bonchev–Trinajstić information content (AvgIpc) is 2.98. The number of aromatic nitrogens is 2. The minimum absolute atomic E-state index is 0.105. The molecule has 8 heteroatoms. The first-order chi connectivity index (χ1) is 13.0. The molecule has 27 heavy (non-hydrogen) atoms. The van der Waals surface area contributed by atoms with E-state index >= 15 is 0 Å². The number of carbonyl (C=O) groups excluding carboxylic acids is 1. The number of aromatic carboxylic acids is 1. The van der Waals surface area contributed by atoms with Crippen LogP contribution in [0, 0.1) is 0 Å². The van der Waals surface area contributed by atoms with Gasteiger partial charge in [-0.2, -0.15) is 0 Å². The number of thioether (sulfide) groups is 1. The van der Waals surface area contributed by atoms with E-state index in [1.165, 1.54) is 11.8 Å². The van der Waals surface area contributed by atoms with E-state index in [1.807, 2.05) is 28.8 Å². The zero-order valence-electron chi connectivity index (χ0n) is 13.9. The predicted molar refractivity (Wildman–Crippen MR) is 108 cm³/mol. The van der Waals surface area contributed by atoms with E-state index in [2.05, 4.69) is 26.2 Å². The Morgan fingerprint density at radius 2 is 1.89 bits per heavy atom. The monoisotopic (exact) mass is 443 g/mol. The standard InChI is InChI=1S/C19H14BrN3O3S/c20-13-5-7-14(8-6-13)23-10-21-18-16(23)17(27-9-15(24)22-18)11-1-3-12(4-2-11)19(25)26/h1-8,10,17H,9H2,(H,22,24)(H,25,26)/t17-/m0/s1. The van der Waals surface area contributed by atoms with Gasteiger partial charge in [-0.25, -0.2) is 9.78 Å². The molecule has 1 aliphatic rings. The molecule has 0 bridgehead atoms. The summed E-state index contributed by atoms with van der Waals surface area (Å²) in [4.78, 5) is 27.6. The van der Waals surface area contributed by atoms with Crippen LogP contribution in [0.15, 0.2) is 59.3 Å². The fourth-order valence-electron chi connectivity index (χ4n) is 2.97. The molecule has 1 aromatic heterocycles. The Hall–Kier alpha value is -2.58. The number of carbonyl (C=O) groups is 2. The van der Waals surface area contributed by atoms with Crippen LogP contribution in [0.1, 0.15) is 26.9 Å². The highest BCUT2D eigenvalue weighted by atomic mass is 79.9. The molecule has 0 unspecified atom stereocenters. The molecule has 4 rings (SSSR count). The number of hydrogen-bond acceptors (Lipinski definition) is 4. The molecule has 1 atom stereocenters. The van der Waals surface area contributed by atoms with Crippen LogP contribution in [0.25, 0.3) is 5.69 Å². The quantitative estimate of drug-likeness (QED) is 0.636. The summed E-state index contributed by atoms with van der Waals surface area (Å²) in [6, 6.07) is 14.6. The second-order valence-corrected chi connectivity index (χ2v) is 8.00. The second kappa shape index (κ2) is 7.21. The van der Waals surface area contributed by atoms with Gasteiger partial charge in [0.2, 0.25) is 5.91 Å². The van der Waals surface area contributed by atoms with Crippen molar-refractivity contribution in [3.63, 3.8) is 0 Å². The molecule has 0 spiro atoms. The number of nitrogens with zero attached hydrogens (tertiary/aromatic N) is 2. The van der Waals surface area contributed by atoms with Gasteiger partial charge in [0.05, 0.1) is 22.3 Å². The predicted octanol–water partition coefficient (Wildman–Crippen LogP) is 4.11. The number of imidazole rings is 1. The molecular weight excluding hydrogens is 430 g/mol. The van der Waals surface area contributed by atoms with E-state index in [-0.39, 0.29) is 16.7 Å². The molecule has 0 fully saturated rings. The SMILES string of the molecule is O=C1CS[C@@H](c2ccc(C(=O)O)cc2)c2c(ncn2-c2ccc(Br)cc2)N1. The van der Waals surface area contributed by atoms with E-state index in [0.717, 1.165) is 21.4 Å². The summed E-state index contributed by atoms with van der Waals surface area (Å²) in [5, 5.41) is 11.8. The van der Waals surface area contributed by atoms with Crippen LogP contribution < -0.4 is 5.32 Å². The zero-order valence-corrected chi connectivity index (χ0v) is 16.3. The van der Waals surface area contributed by atoms with Crippen molar-refractivity contribution in [2.75, 3.05) is 11.1 Å². The van der Waals surface area contributed by atoms with Crippen molar-refractivity contribution in [1.82, 2.24) is 9.55 Å². The third-order valence-electron chi connectivity index (χ3n) is 4.26. The maximum Gasteiger partial charge on any atom is 0.335 e. The van der Waals surface area contributed by atoms with Crippen LogP contribution >= 0.6 is 27.7 Å². The van der Waals surface area contributed by atoms with Crippen LogP contribution in [0.3, 0.4) is 0 Å². The molecule has 2 aromatic carbocycles. The Labute approximate surface area is 167 Å². The van der Waals surface area contributed by atoms with Gasteiger partial charge in [-0.05, 0) is 42.0 Å². The van der Waals surface area contributed by atoms with Crippen LogP contribution in [0.4, 0.5) is 5.82 Å². The summed E-state index contributed by atoms with van der Waals surface area (Å²) >= 11 is 4.93. The average molecular weight is 444 g/mol. The van der Waals surface area contributed by atoms with Crippen LogP contribution in [0.5, 0.6) is 0 Å². The van der Waals surface area contributed by atoms with E-state index in [9.17, 15) is 9.59 Å². The number of halogens is 1. The summed E-state index contributed by atoms with van der Waals surface area (Å²) in [5.74, 6) is -0.248. The summed E-state index contributed by atoms with van der Waals surface area (Å²) in [6.07, 6.45) is 1.69. The molecule has 1 aliphatic heterocycles. The smallest absolute Gasteiger partial charge is 0.335 e. The van der Waals surface area contributed by atoms with Gasteiger partial charge in [0.25, 0.3) is 0 Å². The number of carboxylic acid groups (broad SMARTS) is 1. The highest BCUT2D eigenvalue weighted by Gasteiger charge is 2.29. The van der Waals surface area contributed by atoms with Gasteiger partial charge < -0.3 is 10.4 Å². The number of amides is 1. The Kier molecular flexibility index (Phi) is 4.75. The summed E-state index contributed by atoms with van der Waals surface area (Å²) in [7, 11) is 0. The maximum absolute atomic E-state index is 12.1. The highest BCUT2D eigenvalue weighted by Crippen LogP contribution is 2.42. The minimum atomic E-state index is -0.965. The van der Waals surface area contributed by atoms with E-state index in [0.29, 0.717) is 11.6 Å². The van der Waals surface area contributed by atoms with Crippen molar-refractivity contribution in [3.05, 3.63) is 76.2 Å². The van der Waals surface area contributed by atoms with Gasteiger partial charge in [-0.1, -0.05) is 28.1 Å². The lowest BCUT2D eigenvalue weighted by Crippen LogP contribution is -2.12. The van der Waals surface area contributed by atoms with Crippen molar-refractivity contribution in [3.8, 4) is 5.69 Å². The van der Waals surface area contributed by atoms with Crippen LogP contribution in [-0.2, 0) is 4.79 Å². The summed E-state index contributed by atoms with van der Waals surface area (Å²) < 4.78 is 2.93. The number of nitrogens with one attached hydrogen (secondary N) is 1. The van der Waals surface area contributed by atoms with Gasteiger partial charge in [0, 0.05) is 10.2 Å². The number of anilines is 1. The largest absolute Gasteiger partial charge is 0.478 e. The highest BCUT2D eigenvalue weighted by molar-refractivity contribution is 9.10. The number of fused-ring (bicyclic) bond motifs is 1. The lowest BCUT2D eigenvalue weighted by Gasteiger charge is -2.18. The van der Waals surface area contributed by atoms with Crippen molar-refractivity contribution in [1.29, 1.82) is 0 Å². The molecule has 0 saturated heterocycles. The number of rotatable bonds is 3. The topological polar surface area (TPSA) is 84.2 Å². The van der Waals surface area contributed by atoms with Crippen LogP contribution in [0.2, 0.25) is 0 Å². The molecule has 6 nitrogen and oxygen atoms in total. The van der Waals surface area contributed by atoms with E-state index in [4.69, 9.17) is 5.11 Å². The second-order valence-electron chi connectivity index (χ2n) is 5.99. The Morgan fingerprint density at radius 3 is 2.56 bits per heavy atom. The minimum Gasteiger partial charge on any atom is -0.478 e. The Balaban J connectivity index is 1.82. The van der Waals surface area contributed by atoms with Crippen molar-refractivity contribution < 1.29 is 14.7 Å². The van der Waals surface area contributed by atoms with Crippen molar-refractivity contribution >= 4 is 45.4 Å². The molecule has 0 radical (unpaired) electrons.